The number of carbonyl (C=O) groups excluding carboxylic acids is 1. The quantitative estimate of drug-likeness (QED) is 0.508. The minimum atomic E-state index is -0.255. The van der Waals surface area contributed by atoms with Gasteiger partial charge in [-0.05, 0) is 55.3 Å². The first kappa shape index (κ1) is 22.5. The van der Waals surface area contributed by atoms with Gasteiger partial charge in [-0.1, -0.05) is 35.9 Å². The number of oxazole rings is 1. The summed E-state index contributed by atoms with van der Waals surface area (Å²) >= 11 is 6.07. The van der Waals surface area contributed by atoms with Crippen molar-refractivity contribution >= 4 is 17.5 Å². The van der Waals surface area contributed by atoms with Gasteiger partial charge in [0.15, 0.2) is 5.89 Å². The Morgan fingerprint density at radius 3 is 2.84 bits per heavy atom. The van der Waals surface area contributed by atoms with Gasteiger partial charge in [-0.15, -0.1) is 0 Å². The lowest BCUT2D eigenvalue weighted by Gasteiger charge is -2.32. The van der Waals surface area contributed by atoms with Crippen LogP contribution in [0.4, 0.5) is 4.39 Å². The van der Waals surface area contributed by atoms with Crippen molar-refractivity contribution in [3.8, 4) is 0 Å². The van der Waals surface area contributed by atoms with E-state index in [1.165, 1.54) is 12.1 Å². The van der Waals surface area contributed by atoms with Gasteiger partial charge >= 0.3 is 0 Å². The van der Waals surface area contributed by atoms with E-state index in [2.05, 4.69) is 4.98 Å². The third-order valence-corrected chi connectivity index (χ3v) is 5.97. The van der Waals surface area contributed by atoms with Gasteiger partial charge in [0.25, 0.3) is 0 Å². The number of halogens is 2. The summed E-state index contributed by atoms with van der Waals surface area (Å²) in [5.41, 5.74) is 2.05. The molecule has 5 nitrogen and oxygen atoms in total. The molecule has 2 heterocycles. The number of benzene rings is 2. The minimum absolute atomic E-state index is 0.0880. The summed E-state index contributed by atoms with van der Waals surface area (Å²) < 4.78 is 19.1. The van der Waals surface area contributed by atoms with Crippen LogP contribution in [0.25, 0.3) is 0 Å². The molecule has 168 valence electrons. The van der Waals surface area contributed by atoms with Crippen molar-refractivity contribution in [3.63, 3.8) is 0 Å². The summed E-state index contributed by atoms with van der Waals surface area (Å²) in [5.74, 6) is 1.42. The number of amides is 1. The Morgan fingerprint density at radius 1 is 1.25 bits per heavy atom. The van der Waals surface area contributed by atoms with E-state index < -0.39 is 0 Å². The number of piperidine rings is 1. The maximum atomic E-state index is 13.1. The van der Waals surface area contributed by atoms with Crippen LogP contribution >= 0.6 is 11.6 Å². The molecule has 0 N–H and O–H groups in total. The molecule has 0 bridgehead atoms. The van der Waals surface area contributed by atoms with Crippen LogP contribution in [0.15, 0.2) is 59.1 Å². The fourth-order valence-corrected chi connectivity index (χ4v) is 4.35. The van der Waals surface area contributed by atoms with Crippen molar-refractivity contribution in [2.75, 3.05) is 26.7 Å². The second-order valence-corrected chi connectivity index (χ2v) is 8.89. The molecule has 1 fully saturated rings. The van der Waals surface area contributed by atoms with Crippen LogP contribution in [0.5, 0.6) is 0 Å². The lowest BCUT2D eigenvalue weighted by Crippen LogP contribution is -2.43. The largest absolute Gasteiger partial charge is 0.445 e. The number of likely N-dealkylation sites (tertiary alicyclic amines) is 1. The molecule has 0 saturated carbocycles. The first-order valence-electron chi connectivity index (χ1n) is 10.9. The number of hydrogen-bond acceptors (Lipinski definition) is 4. The second kappa shape index (κ2) is 10.3. The molecule has 0 radical (unpaired) electrons. The van der Waals surface area contributed by atoms with Crippen molar-refractivity contribution in [2.24, 2.45) is 0 Å². The Balaban J connectivity index is 1.32. The van der Waals surface area contributed by atoms with Crippen LogP contribution in [0.1, 0.15) is 41.5 Å². The predicted octanol–water partition coefficient (Wildman–Crippen LogP) is 4.90. The van der Waals surface area contributed by atoms with Crippen molar-refractivity contribution in [2.45, 2.75) is 31.7 Å². The highest BCUT2D eigenvalue weighted by Crippen LogP contribution is 2.27. The number of aromatic nitrogens is 1. The lowest BCUT2D eigenvalue weighted by atomic mass is 9.98. The summed E-state index contributed by atoms with van der Waals surface area (Å²) in [4.78, 5) is 21.2. The van der Waals surface area contributed by atoms with Crippen LogP contribution in [-0.4, -0.2) is 47.4 Å². The van der Waals surface area contributed by atoms with Gasteiger partial charge in [-0.2, -0.15) is 0 Å². The Bertz CT molecular complexity index is 1050. The number of carbonyl (C=O) groups is 1. The maximum Gasteiger partial charge on any atom is 0.236 e. The van der Waals surface area contributed by atoms with Crippen molar-refractivity contribution in [1.82, 2.24) is 14.8 Å². The Morgan fingerprint density at radius 2 is 2.06 bits per heavy atom. The number of likely N-dealkylation sites (N-methyl/N-ethyl adjacent to an activating group) is 1. The maximum absolute atomic E-state index is 13.1. The monoisotopic (exact) mass is 455 g/mol. The highest BCUT2D eigenvalue weighted by Gasteiger charge is 2.28. The second-order valence-electron chi connectivity index (χ2n) is 8.45. The summed E-state index contributed by atoms with van der Waals surface area (Å²) in [5, 5.41) is 0.702. The third kappa shape index (κ3) is 5.96. The number of nitrogens with zero attached hydrogens (tertiary/aromatic N) is 3. The number of hydrogen-bond donors (Lipinski definition) is 0. The summed E-state index contributed by atoms with van der Waals surface area (Å²) in [6.45, 7) is 2.27. The Labute approximate surface area is 192 Å². The average Bonchev–Trinajstić information content (AvgIpc) is 3.24. The molecule has 4 rings (SSSR count). The smallest absolute Gasteiger partial charge is 0.236 e. The lowest BCUT2D eigenvalue weighted by molar-refractivity contribution is -0.133. The van der Waals surface area contributed by atoms with E-state index in [-0.39, 0.29) is 17.6 Å². The molecule has 0 unspecified atom stereocenters. The van der Waals surface area contributed by atoms with E-state index in [0.29, 0.717) is 37.0 Å². The fourth-order valence-electron chi connectivity index (χ4n) is 4.13. The molecule has 1 atom stereocenters. The van der Waals surface area contributed by atoms with E-state index in [9.17, 15) is 9.18 Å². The summed E-state index contributed by atoms with van der Waals surface area (Å²) in [6, 6.07) is 14.1. The molecular formula is C25H27ClFN3O2. The molecule has 32 heavy (non-hydrogen) atoms. The molecular weight excluding hydrogens is 429 g/mol. The zero-order chi connectivity index (χ0) is 22.5. The molecule has 1 aliphatic heterocycles. The van der Waals surface area contributed by atoms with Gasteiger partial charge in [-0.25, -0.2) is 9.37 Å². The van der Waals surface area contributed by atoms with Crippen molar-refractivity contribution < 1.29 is 13.6 Å². The van der Waals surface area contributed by atoms with Crippen molar-refractivity contribution in [3.05, 3.63) is 88.3 Å². The molecule has 7 heteroatoms. The normalized spacial score (nSPS) is 16.5. The van der Waals surface area contributed by atoms with E-state index in [1.54, 1.807) is 18.3 Å². The van der Waals surface area contributed by atoms with E-state index in [0.717, 1.165) is 36.3 Å². The zero-order valence-corrected chi connectivity index (χ0v) is 18.9. The summed E-state index contributed by atoms with van der Waals surface area (Å²) in [7, 11) is 1.90. The summed E-state index contributed by atoms with van der Waals surface area (Å²) in [6.07, 6.45) is 4.28. The topological polar surface area (TPSA) is 49.6 Å². The highest BCUT2D eigenvalue weighted by atomic mass is 35.5. The van der Waals surface area contributed by atoms with Gasteiger partial charge < -0.3 is 9.32 Å². The Hall–Kier alpha value is -2.70. The first-order valence-corrected chi connectivity index (χ1v) is 11.2. The predicted molar refractivity (Wildman–Crippen MR) is 122 cm³/mol. The van der Waals surface area contributed by atoms with Crippen LogP contribution < -0.4 is 0 Å². The average molecular weight is 456 g/mol. The standard InChI is InChI=1S/C25H27ClFN3O2/c1-29(15-18-7-9-22(27)10-8-18)17-24(31)30-11-3-5-20(16-30)25-28-14-23(32-25)13-19-4-2-6-21(26)12-19/h2,4,6-10,12,14,20H,3,5,11,13,15-17H2,1H3/t20-/m0/s1. The Kier molecular flexibility index (Phi) is 7.22. The van der Waals surface area contributed by atoms with E-state index in [4.69, 9.17) is 16.0 Å². The molecule has 1 saturated heterocycles. The minimum Gasteiger partial charge on any atom is -0.445 e. The fraction of sp³-hybridized carbons (Fsp3) is 0.360. The van der Waals surface area contributed by atoms with Crippen molar-refractivity contribution in [1.29, 1.82) is 0 Å². The van der Waals surface area contributed by atoms with Crippen LogP contribution in [0.3, 0.4) is 0 Å². The van der Waals surface area contributed by atoms with Gasteiger partial charge in [0.05, 0.1) is 18.7 Å². The van der Waals surface area contributed by atoms with Gasteiger partial charge in [0, 0.05) is 31.1 Å². The highest BCUT2D eigenvalue weighted by molar-refractivity contribution is 6.30. The molecule has 1 aromatic heterocycles. The molecule has 2 aromatic carbocycles. The van der Waals surface area contributed by atoms with E-state index >= 15 is 0 Å². The van der Waals surface area contributed by atoms with Crippen LogP contribution in [-0.2, 0) is 17.8 Å². The van der Waals surface area contributed by atoms with Gasteiger partial charge in [0.2, 0.25) is 5.91 Å². The SMILES string of the molecule is CN(CC(=O)N1CCC[C@H](c2ncc(Cc3cccc(Cl)c3)o2)C1)Cc1ccc(F)cc1. The molecule has 3 aromatic rings. The molecule has 1 amide bonds. The van der Waals surface area contributed by atoms with Gasteiger partial charge in [-0.3, -0.25) is 9.69 Å². The zero-order valence-electron chi connectivity index (χ0n) is 18.1. The first-order chi connectivity index (χ1) is 15.5. The third-order valence-electron chi connectivity index (χ3n) is 5.73. The van der Waals surface area contributed by atoms with Crippen LogP contribution in [0, 0.1) is 5.82 Å². The van der Waals surface area contributed by atoms with Gasteiger partial charge in [0.1, 0.15) is 11.6 Å². The van der Waals surface area contributed by atoms with E-state index in [1.807, 2.05) is 41.1 Å². The van der Waals surface area contributed by atoms with Crippen LogP contribution in [0.2, 0.25) is 5.02 Å². The molecule has 0 spiro atoms. The number of rotatable bonds is 7. The molecule has 0 aliphatic carbocycles. The molecule has 1 aliphatic rings.